The smallest absolute Gasteiger partial charge is 0.444 e. The lowest BCUT2D eigenvalue weighted by molar-refractivity contribution is -0.274. The molecule has 1 N–H and O–H groups in total. The first-order valence-corrected chi connectivity index (χ1v) is 7.00. The van der Waals surface area contributed by atoms with Crippen molar-refractivity contribution in [1.29, 1.82) is 0 Å². The molecule has 1 aromatic heterocycles. The number of aromatic nitrogens is 1. The lowest BCUT2D eigenvalue weighted by Crippen LogP contribution is -2.27. The lowest BCUT2D eigenvalue weighted by Gasteiger charge is -2.18. The maximum absolute atomic E-state index is 12.2. The van der Waals surface area contributed by atoms with Crippen LogP contribution in [0, 0.1) is 0 Å². The van der Waals surface area contributed by atoms with Gasteiger partial charge in [0, 0.05) is 6.07 Å². The first kappa shape index (κ1) is 16.3. The second-order valence-electron chi connectivity index (χ2n) is 5.32. The minimum Gasteiger partial charge on any atom is -0.444 e. The predicted molar refractivity (Wildman–Crippen MR) is 76.2 cm³/mol. The molecule has 22 heavy (non-hydrogen) atoms. The van der Waals surface area contributed by atoms with Gasteiger partial charge in [0.05, 0.1) is 10.2 Å². The zero-order valence-corrected chi connectivity index (χ0v) is 12.8. The summed E-state index contributed by atoms with van der Waals surface area (Å²) < 4.78 is 45.9. The summed E-state index contributed by atoms with van der Waals surface area (Å²) in [7, 11) is 0. The molecule has 1 heterocycles. The number of halogens is 3. The minimum absolute atomic E-state index is 0.230. The third-order valence-corrected chi connectivity index (χ3v) is 3.13. The molecule has 0 saturated carbocycles. The third-order valence-electron chi connectivity index (χ3n) is 2.20. The first-order valence-electron chi connectivity index (χ1n) is 6.18. The van der Waals surface area contributed by atoms with Crippen LogP contribution in [0.2, 0.25) is 0 Å². The second-order valence-corrected chi connectivity index (χ2v) is 6.35. The standard InChI is InChI=1S/C13H13F3N2O3S/c1-12(2,3)21-11(19)18-10-17-8-5-4-7(6-9(8)22-10)20-13(14,15)16/h4-6H,1-3H3,(H,17,18,19). The van der Waals surface area contributed by atoms with Gasteiger partial charge >= 0.3 is 12.5 Å². The highest BCUT2D eigenvalue weighted by atomic mass is 32.1. The average molecular weight is 334 g/mol. The van der Waals surface area contributed by atoms with Crippen LogP contribution in [-0.2, 0) is 4.74 Å². The number of fused-ring (bicyclic) bond motifs is 1. The van der Waals surface area contributed by atoms with Crippen LogP contribution in [0.15, 0.2) is 18.2 Å². The molecule has 0 aliphatic rings. The molecule has 5 nitrogen and oxygen atoms in total. The average Bonchev–Trinajstić information content (AvgIpc) is 2.64. The number of carbonyl (C=O) groups is 1. The monoisotopic (exact) mass is 334 g/mol. The number of nitrogens with zero attached hydrogens (tertiary/aromatic N) is 1. The Hall–Kier alpha value is -2.03. The molecule has 1 aromatic carbocycles. The van der Waals surface area contributed by atoms with Crippen molar-refractivity contribution in [3.8, 4) is 5.75 Å². The Morgan fingerprint density at radius 2 is 1.95 bits per heavy atom. The van der Waals surface area contributed by atoms with Crippen molar-refractivity contribution in [2.45, 2.75) is 32.7 Å². The van der Waals surface area contributed by atoms with Gasteiger partial charge in [-0.2, -0.15) is 0 Å². The van der Waals surface area contributed by atoms with E-state index in [-0.39, 0.29) is 10.9 Å². The number of alkyl halides is 3. The zero-order valence-electron chi connectivity index (χ0n) is 11.9. The van der Waals surface area contributed by atoms with Gasteiger partial charge in [-0.25, -0.2) is 9.78 Å². The Morgan fingerprint density at radius 1 is 1.27 bits per heavy atom. The fraction of sp³-hybridized carbons (Fsp3) is 0.385. The van der Waals surface area contributed by atoms with E-state index in [9.17, 15) is 18.0 Å². The number of hydrogen-bond donors (Lipinski definition) is 1. The maximum atomic E-state index is 12.2. The van der Waals surface area contributed by atoms with E-state index in [1.54, 1.807) is 20.8 Å². The summed E-state index contributed by atoms with van der Waals surface area (Å²) in [5, 5.41) is 2.67. The van der Waals surface area contributed by atoms with Gasteiger partial charge in [-0.3, -0.25) is 5.32 Å². The molecule has 120 valence electrons. The quantitative estimate of drug-likeness (QED) is 0.876. The molecule has 0 radical (unpaired) electrons. The fourth-order valence-corrected chi connectivity index (χ4v) is 2.43. The predicted octanol–water partition coefficient (Wildman–Crippen LogP) is 4.54. The van der Waals surface area contributed by atoms with Crippen LogP contribution in [0.1, 0.15) is 20.8 Å². The van der Waals surface area contributed by atoms with Gasteiger partial charge in [-0.1, -0.05) is 11.3 Å². The van der Waals surface area contributed by atoms with Gasteiger partial charge < -0.3 is 9.47 Å². The highest BCUT2D eigenvalue weighted by Gasteiger charge is 2.31. The number of hydrogen-bond acceptors (Lipinski definition) is 5. The van der Waals surface area contributed by atoms with E-state index in [0.717, 1.165) is 17.4 Å². The molecule has 0 unspecified atom stereocenters. The van der Waals surface area contributed by atoms with E-state index in [0.29, 0.717) is 10.2 Å². The van der Waals surface area contributed by atoms with Crippen LogP contribution in [0.25, 0.3) is 10.2 Å². The van der Waals surface area contributed by atoms with Crippen LogP contribution in [0.4, 0.5) is 23.1 Å². The normalized spacial score (nSPS) is 12.3. The van der Waals surface area contributed by atoms with Crippen molar-refractivity contribution < 1.29 is 27.4 Å². The van der Waals surface area contributed by atoms with Gasteiger partial charge in [0.2, 0.25) is 0 Å². The number of carbonyl (C=O) groups excluding carboxylic acids is 1. The van der Waals surface area contributed by atoms with Gasteiger partial charge in [0.25, 0.3) is 0 Å². The largest absolute Gasteiger partial charge is 0.573 e. The molecular formula is C13H13F3N2O3S. The van der Waals surface area contributed by atoms with E-state index < -0.39 is 18.1 Å². The van der Waals surface area contributed by atoms with Crippen molar-refractivity contribution in [2.75, 3.05) is 5.32 Å². The third kappa shape index (κ3) is 4.76. The Balaban J connectivity index is 2.15. The lowest BCUT2D eigenvalue weighted by atomic mass is 10.2. The molecule has 9 heteroatoms. The van der Waals surface area contributed by atoms with E-state index in [1.165, 1.54) is 12.1 Å². The Morgan fingerprint density at radius 3 is 2.55 bits per heavy atom. The van der Waals surface area contributed by atoms with E-state index in [2.05, 4.69) is 15.0 Å². The van der Waals surface area contributed by atoms with Crippen LogP contribution < -0.4 is 10.1 Å². The summed E-state index contributed by atoms with van der Waals surface area (Å²) in [4.78, 5) is 15.7. The zero-order chi connectivity index (χ0) is 16.5. The van der Waals surface area contributed by atoms with Crippen molar-refractivity contribution in [1.82, 2.24) is 4.98 Å². The molecule has 2 rings (SSSR count). The number of ether oxygens (including phenoxy) is 2. The molecule has 0 bridgehead atoms. The van der Waals surface area contributed by atoms with Crippen LogP contribution in [0.3, 0.4) is 0 Å². The molecule has 0 saturated heterocycles. The Labute approximate surface area is 128 Å². The second kappa shape index (κ2) is 5.64. The number of nitrogens with one attached hydrogen (secondary N) is 1. The summed E-state index contributed by atoms with van der Waals surface area (Å²) in [6.07, 6.45) is -5.44. The highest BCUT2D eigenvalue weighted by Crippen LogP contribution is 2.31. The fourth-order valence-electron chi connectivity index (χ4n) is 1.55. The number of thiazole rings is 1. The number of benzene rings is 1. The van der Waals surface area contributed by atoms with Crippen LogP contribution in [-0.4, -0.2) is 23.0 Å². The van der Waals surface area contributed by atoms with E-state index in [1.807, 2.05) is 0 Å². The summed E-state index contributed by atoms with van der Waals surface area (Å²) >= 11 is 1.02. The SMILES string of the molecule is CC(C)(C)OC(=O)Nc1nc2ccc(OC(F)(F)F)cc2s1. The van der Waals surface area contributed by atoms with E-state index >= 15 is 0 Å². The number of anilines is 1. The summed E-state index contributed by atoms with van der Waals surface area (Å²) in [5.74, 6) is -0.340. The van der Waals surface area contributed by atoms with Gasteiger partial charge in [0.1, 0.15) is 11.4 Å². The molecule has 1 amide bonds. The molecular weight excluding hydrogens is 321 g/mol. The van der Waals surface area contributed by atoms with Crippen molar-refractivity contribution in [3.05, 3.63) is 18.2 Å². The highest BCUT2D eigenvalue weighted by molar-refractivity contribution is 7.22. The van der Waals surface area contributed by atoms with Crippen LogP contribution in [0.5, 0.6) is 5.75 Å². The van der Waals surface area contributed by atoms with Crippen molar-refractivity contribution >= 4 is 32.8 Å². The first-order chi connectivity index (χ1) is 10.0. The summed E-state index contributed by atoms with van der Waals surface area (Å²) in [6, 6.07) is 3.75. The molecule has 0 aliphatic carbocycles. The Kier molecular flexibility index (Phi) is 4.19. The van der Waals surface area contributed by atoms with Gasteiger partial charge in [-0.15, -0.1) is 13.2 Å². The van der Waals surface area contributed by atoms with Gasteiger partial charge in [0.15, 0.2) is 5.13 Å². The molecule has 0 fully saturated rings. The summed E-state index contributed by atoms with van der Waals surface area (Å²) in [6.45, 7) is 5.14. The van der Waals surface area contributed by atoms with Crippen LogP contribution >= 0.6 is 11.3 Å². The molecule has 0 spiro atoms. The molecule has 0 aliphatic heterocycles. The molecule has 2 aromatic rings. The van der Waals surface area contributed by atoms with Crippen molar-refractivity contribution in [2.24, 2.45) is 0 Å². The minimum atomic E-state index is -4.75. The molecule has 0 atom stereocenters. The maximum Gasteiger partial charge on any atom is 0.573 e. The van der Waals surface area contributed by atoms with E-state index in [4.69, 9.17) is 4.74 Å². The van der Waals surface area contributed by atoms with Gasteiger partial charge in [-0.05, 0) is 32.9 Å². The Bertz CT molecular complexity index is 692. The van der Waals surface area contributed by atoms with Crippen molar-refractivity contribution in [3.63, 3.8) is 0 Å². The number of rotatable bonds is 2. The topological polar surface area (TPSA) is 60.5 Å². The summed E-state index contributed by atoms with van der Waals surface area (Å²) in [5.41, 5.74) is -0.209. The number of amides is 1.